The zero-order valence-electron chi connectivity index (χ0n) is 7.26. The van der Waals surface area contributed by atoms with E-state index in [0.29, 0.717) is 0 Å². The molecule has 0 saturated heterocycles. The van der Waals surface area contributed by atoms with E-state index in [1.54, 1.807) is 6.20 Å². The fourth-order valence-corrected chi connectivity index (χ4v) is 1.03. The molecule has 2 nitrogen and oxygen atoms in total. The van der Waals surface area contributed by atoms with Crippen LogP contribution in [0.1, 0.15) is 38.5 Å². The summed E-state index contributed by atoms with van der Waals surface area (Å²) in [5.41, 5.74) is 10.6. The van der Waals surface area contributed by atoms with Crippen LogP contribution in [0.5, 0.6) is 0 Å². The minimum absolute atomic E-state index is 0.836. The van der Waals surface area contributed by atoms with Crippen molar-refractivity contribution < 1.29 is 0 Å². The van der Waals surface area contributed by atoms with Crippen molar-refractivity contribution in [1.82, 2.24) is 0 Å². The number of hydrogen-bond acceptors (Lipinski definition) is 2. The van der Waals surface area contributed by atoms with E-state index >= 15 is 0 Å². The van der Waals surface area contributed by atoms with Crippen LogP contribution in [0.4, 0.5) is 0 Å². The average Bonchev–Trinajstić information content (AvgIpc) is 2.03. The lowest BCUT2D eigenvalue weighted by Crippen LogP contribution is -1.97. The number of allylic oxidation sites excluding steroid dienone is 1. The van der Waals surface area contributed by atoms with Crippen molar-refractivity contribution in [3.63, 3.8) is 0 Å². The smallest absolute Gasteiger partial charge is 0.00773 e. The van der Waals surface area contributed by atoms with Gasteiger partial charge in [-0.2, -0.15) is 0 Å². The van der Waals surface area contributed by atoms with E-state index in [4.69, 9.17) is 11.5 Å². The molecule has 0 radical (unpaired) electrons. The van der Waals surface area contributed by atoms with Gasteiger partial charge in [-0.15, -0.1) is 0 Å². The molecule has 0 atom stereocenters. The van der Waals surface area contributed by atoms with Crippen molar-refractivity contribution in [2.24, 2.45) is 11.5 Å². The summed E-state index contributed by atoms with van der Waals surface area (Å²) in [6.45, 7) is 0.836. The van der Waals surface area contributed by atoms with Crippen LogP contribution in [0.3, 0.4) is 0 Å². The molecule has 0 fully saturated rings. The van der Waals surface area contributed by atoms with E-state index in [9.17, 15) is 0 Å². The molecule has 0 aliphatic carbocycles. The van der Waals surface area contributed by atoms with Gasteiger partial charge in [-0.05, 0) is 32.0 Å². The van der Waals surface area contributed by atoms with Gasteiger partial charge in [0.2, 0.25) is 0 Å². The maximum Gasteiger partial charge on any atom is -0.00773 e. The standard InChI is InChI=1S/C9H20N2/c10-8-6-4-2-1-3-5-7-9-11/h6,8H,1-5,7,9-11H2. The van der Waals surface area contributed by atoms with Gasteiger partial charge >= 0.3 is 0 Å². The Morgan fingerprint density at radius 2 is 1.55 bits per heavy atom. The highest BCUT2D eigenvalue weighted by Gasteiger charge is 1.87. The van der Waals surface area contributed by atoms with E-state index in [1.165, 1.54) is 32.1 Å². The molecule has 0 bridgehead atoms. The second kappa shape index (κ2) is 9.50. The van der Waals surface area contributed by atoms with Crippen LogP contribution in [-0.2, 0) is 0 Å². The summed E-state index contributed by atoms with van der Waals surface area (Å²) in [5.74, 6) is 0. The summed E-state index contributed by atoms with van der Waals surface area (Å²) < 4.78 is 0. The Kier molecular flexibility index (Phi) is 9.07. The maximum absolute atomic E-state index is 5.36. The Morgan fingerprint density at radius 1 is 0.909 bits per heavy atom. The predicted molar refractivity (Wildman–Crippen MR) is 50.1 cm³/mol. The van der Waals surface area contributed by atoms with E-state index in [-0.39, 0.29) is 0 Å². The van der Waals surface area contributed by atoms with Crippen molar-refractivity contribution in [3.8, 4) is 0 Å². The molecule has 0 spiro atoms. The van der Waals surface area contributed by atoms with Crippen molar-refractivity contribution in [2.75, 3.05) is 6.54 Å². The fourth-order valence-electron chi connectivity index (χ4n) is 1.03. The minimum atomic E-state index is 0.836. The highest BCUT2D eigenvalue weighted by molar-refractivity contribution is 4.74. The molecule has 0 rings (SSSR count). The van der Waals surface area contributed by atoms with Gasteiger partial charge in [-0.3, -0.25) is 0 Å². The SMILES string of the molecule is NC=CCCCCCCCN. The number of nitrogens with two attached hydrogens (primary N) is 2. The van der Waals surface area contributed by atoms with Gasteiger partial charge in [0.05, 0.1) is 0 Å². The van der Waals surface area contributed by atoms with Gasteiger partial charge in [0.15, 0.2) is 0 Å². The number of rotatable bonds is 7. The highest BCUT2D eigenvalue weighted by atomic mass is 14.5. The molecule has 2 heteroatoms. The van der Waals surface area contributed by atoms with Crippen LogP contribution >= 0.6 is 0 Å². The topological polar surface area (TPSA) is 52.0 Å². The van der Waals surface area contributed by atoms with E-state index < -0.39 is 0 Å². The van der Waals surface area contributed by atoms with E-state index in [2.05, 4.69) is 0 Å². The number of unbranched alkanes of at least 4 members (excludes halogenated alkanes) is 5. The summed E-state index contributed by atoms with van der Waals surface area (Å²) in [4.78, 5) is 0. The largest absolute Gasteiger partial charge is 0.405 e. The lowest BCUT2D eigenvalue weighted by molar-refractivity contribution is 0.622. The van der Waals surface area contributed by atoms with Crippen LogP contribution in [0, 0.1) is 0 Å². The number of hydrogen-bond donors (Lipinski definition) is 2. The molecule has 0 aromatic heterocycles. The molecule has 0 aliphatic heterocycles. The minimum Gasteiger partial charge on any atom is -0.405 e. The molecule has 0 amide bonds. The molecule has 0 saturated carbocycles. The van der Waals surface area contributed by atoms with Gasteiger partial charge < -0.3 is 11.5 Å². The first-order valence-electron chi connectivity index (χ1n) is 4.48. The normalized spacial score (nSPS) is 11.0. The highest BCUT2D eigenvalue weighted by Crippen LogP contribution is 2.04. The van der Waals surface area contributed by atoms with Crippen molar-refractivity contribution in [2.45, 2.75) is 38.5 Å². The third-order valence-corrected chi connectivity index (χ3v) is 1.71. The second-order valence-electron chi connectivity index (χ2n) is 2.77. The van der Waals surface area contributed by atoms with Crippen molar-refractivity contribution in [1.29, 1.82) is 0 Å². The molecule has 0 heterocycles. The Morgan fingerprint density at radius 3 is 2.18 bits per heavy atom. The van der Waals surface area contributed by atoms with Gasteiger partial charge in [-0.1, -0.05) is 25.3 Å². The fraction of sp³-hybridized carbons (Fsp3) is 0.778. The zero-order valence-corrected chi connectivity index (χ0v) is 7.26. The first kappa shape index (κ1) is 10.5. The maximum atomic E-state index is 5.36. The summed E-state index contributed by atoms with van der Waals surface area (Å²) in [7, 11) is 0. The first-order chi connectivity index (χ1) is 5.41. The molecule has 0 aromatic rings. The van der Waals surface area contributed by atoms with E-state index in [1.807, 2.05) is 6.08 Å². The summed E-state index contributed by atoms with van der Waals surface area (Å²) in [6, 6.07) is 0. The second-order valence-corrected chi connectivity index (χ2v) is 2.77. The average molecular weight is 156 g/mol. The third kappa shape index (κ3) is 9.50. The van der Waals surface area contributed by atoms with Gasteiger partial charge in [0.1, 0.15) is 0 Å². The lowest BCUT2D eigenvalue weighted by atomic mass is 10.1. The predicted octanol–water partition coefficient (Wildman–Crippen LogP) is 1.76. The van der Waals surface area contributed by atoms with Gasteiger partial charge in [0.25, 0.3) is 0 Å². The quantitative estimate of drug-likeness (QED) is 0.552. The monoisotopic (exact) mass is 156 g/mol. The van der Waals surface area contributed by atoms with Crippen LogP contribution in [0.2, 0.25) is 0 Å². The lowest BCUT2D eigenvalue weighted by Gasteiger charge is -1.96. The van der Waals surface area contributed by atoms with Crippen molar-refractivity contribution in [3.05, 3.63) is 12.3 Å². The van der Waals surface area contributed by atoms with Crippen molar-refractivity contribution >= 4 is 0 Å². The van der Waals surface area contributed by atoms with Crippen LogP contribution in [0.25, 0.3) is 0 Å². The molecular weight excluding hydrogens is 136 g/mol. The Bertz CT molecular complexity index is 89.6. The van der Waals surface area contributed by atoms with Crippen LogP contribution in [0.15, 0.2) is 12.3 Å². The molecular formula is C9H20N2. The molecule has 0 aliphatic rings. The molecule has 0 aromatic carbocycles. The van der Waals surface area contributed by atoms with Gasteiger partial charge in [-0.25, -0.2) is 0 Å². The van der Waals surface area contributed by atoms with Gasteiger partial charge in [0, 0.05) is 0 Å². The molecule has 66 valence electrons. The first-order valence-corrected chi connectivity index (χ1v) is 4.48. The Labute approximate surface area is 69.6 Å². The summed E-state index contributed by atoms with van der Waals surface area (Å²) in [6.07, 6.45) is 11.1. The Balaban J connectivity index is 2.79. The molecule has 4 N–H and O–H groups in total. The molecule has 0 unspecified atom stereocenters. The molecule has 11 heavy (non-hydrogen) atoms. The van der Waals surface area contributed by atoms with Crippen LogP contribution < -0.4 is 11.5 Å². The zero-order chi connectivity index (χ0) is 8.36. The van der Waals surface area contributed by atoms with E-state index in [0.717, 1.165) is 13.0 Å². The third-order valence-electron chi connectivity index (χ3n) is 1.71. The summed E-state index contributed by atoms with van der Waals surface area (Å²) in [5, 5.41) is 0. The summed E-state index contributed by atoms with van der Waals surface area (Å²) >= 11 is 0. The van der Waals surface area contributed by atoms with Crippen LogP contribution in [-0.4, -0.2) is 6.54 Å². The Hall–Kier alpha value is -0.500.